The van der Waals surface area contributed by atoms with Gasteiger partial charge in [-0.05, 0) is 25.1 Å². The van der Waals surface area contributed by atoms with Crippen LogP contribution in [-0.4, -0.2) is 39.5 Å². The van der Waals surface area contributed by atoms with E-state index in [9.17, 15) is 8.42 Å². The molecule has 0 aliphatic carbocycles. The Labute approximate surface area is 125 Å². The average Bonchev–Trinajstić information content (AvgIpc) is 2.36. The minimum absolute atomic E-state index is 0. The van der Waals surface area contributed by atoms with E-state index in [0.717, 1.165) is 0 Å². The van der Waals surface area contributed by atoms with E-state index in [1.165, 1.54) is 36.7 Å². The molecule has 0 bridgehead atoms. The van der Waals surface area contributed by atoms with Crippen molar-refractivity contribution in [2.75, 3.05) is 20.7 Å². The first-order valence-electron chi connectivity index (χ1n) is 5.36. The molecule has 0 aliphatic heterocycles. The second kappa shape index (κ2) is 7.31. The molecule has 110 valence electrons. The third-order valence-corrected chi connectivity index (χ3v) is 5.03. The van der Waals surface area contributed by atoms with Crippen LogP contribution in [0.25, 0.3) is 0 Å². The maximum atomic E-state index is 12.3. The van der Waals surface area contributed by atoms with Crippen LogP contribution in [0, 0.1) is 0 Å². The van der Waals surface area contributed by atoms with Crippen LogP contribution in [-0.2, 0) is 10.0 Å². The predicted molar refractivity (Wildman–Crippen MR) is 78.7 cm³/mol. The van der Waals surface area contributed by atoms with Gasteiger partial charge in [-0.3, -0.25) is 0 Å². The van der Waals surface area contributed by atoms with Crippen molar-refractivity contribution in [1.29, 1.82) is 0 Å². The Kier molecular flexibility index (Phi) is 7.10. The van der Waals surface area contributed by atoms with Crippen molar-refractivity contribution in [3.8, 4) is 5.75 Å². The van der Waals surface area contributed by atoms with Gasteiger partial charge in [0.05, 0.1) is 17.0 Å². The lowest BCUT2D eigenvalue weighted by molar-refractivity contribution is 0.394. The van der Waals surface area contributed by atoms with Crippen LogP contribution in [0.2, 0.25) is 5.02 Å². The van der Waals surface area contributed by atoms with Crippen molar-refractivity contribution >= 4 is 34.0 Å². The number of methoxy groups -OCH3 is 1. The summed E-state index contributed by atoms with van der Waals surface area (Å²) in [6.07, 6.45) is 0. The highest BCUT2D eigenvalue weighted by atomic mass is 35.5. The summed E-state index contributed by atoms with van der Waals surface area (Å²) in [5.74, 6) is 0.435. The van der Waals surface area contributed by atoms with Crippen molar-refractivity contribution in [3.05, 3.63) is 23.2 Å². The number of ether oxygens (including phenoxy) is 1. The molecule has 0 fully saturated rings. The first-order valence-corrected chi connectivity index (χ1v) is 7.18. The first-order chi connectivity index (χ1) is 8.34. The Balaban J connectivity index is 0.00000324. The zero-order valence-electron chi connectivity index (χ0n) is 11.0. The van der Waals surface area contributed by atoms with Crippen molar-refractivity contribution in [2.45, 2.75) is 17.9 Å². The van der Waals surface area contributed by atoms with Gasteiger partial charge < -0.3 is 10.5 Å². The summed E-state index contributed by atoms with van der Waals surface area (Å²) in [6.45, 7) is 1.99. The summed E-state index contributed by atoms with van der Waals surface area (Å²) >= 11 is 5.92. The van der Waals surface area contributed by atoms with Crippen LogP contribution < -0.4 is 10.5 Å². The number of nitrogens with zero attached hydrogens (tertiary/aromatic N) is 1. The third kappa shape index (κ3) is 3.97. The van der Waals surface area contributed by atoms with Crippen molar-refractivity contribution in [2.24, 2.45) is 5.73 Å². The van der Waals surface area contributed by atoms with Gasteiger partial charge in [0.15, 0.2) is 0 Å². The second-order valence-electron chi connectivity index (χ2n) is 3.90. The van der Waals surface area contributed by atoms with E-state index in [4.69, 9.17) is 22.1 Å². The van der Waals surface area contributed by atoms with Crippen molar-refractivity contribution in [1.82, 2.24) is 4.31 Å². The molecule has 8 heteroatoms. The monoisotopic (exact) mass is 328 g/mol. The predicted octanol–water partition coefficient (Wildman–Crippen LogP) is 1.74. The largest absolute Gasteiger partial charge is 0.495 e. The number of sulfonamides is 1. The minimum atomic E-state index is -3.58. The Hall–Kier alpha value is -0.530. The van der Waals surface area contributed by atoms with Gasteiger partial charge in [0, 0.05) is 19.6 Å². The summed E-state index contributed by atoms with van der Waals surface area (Å²) in [6, 6.07) is 4.07. The summed E-state index contributed by atoms with van der Waals surface area (Å²) in [4.78, 5) is 0.121. The minimum Gasteiger partial charge on any atom is -0.495 e. The highest BCUT2D eigenvalue weighted by molar-refractivity contribution is 7.89. The molecule has 0 aliphatic rings. The molecule has 1 aromatic carbocycles. The van der Waals surface area contributed by atoms with E-state index in [2.05, 4.69) is 0 Å². The lowest BCUT2D eigenvalue weighted by Gasteiger charge is -2.23. The fraction of sp³-hybridized carbons (Fsp3) is 0.455. The average molecular weight is 329 g/mol. The lowest BCUT2D eigenvalue weighted by atomic mass is 10.3. The Morgan fingerprint density at radius 1 is 1.47 bits per heavy atom. The van der Waals surface area contributed by atoms with Gasteiger partial charge >= 0.3 is 0 Å². The third-order valence-electron chi connectivity index (χ3n) is 2.76. The van der Waals surface area contributed by atoms with Crippen LogP contribution >= 0.6 is 24.0 Å². The molecule has 5 nitrogen and oxygen atoms in total. The van der Waals surface area contributed by atoms with E-state index < -0.39 is 10.0 Å². The molecular weight excluding hydrogens is 311 g/mol. The molecule has 1 atom stereocenters. The molecule has 0 radical (unpaired) electrons. The Morgan fingerprint density at radius 3 is 2.47 bits per heavy atom. The zero-order chi connectivity index (χ0) is 13.9. The van der Waals surface area contributed by atoms with Gasteiger partial charge in [-0.2, -0.15) is 4.31 Å². The highest BCUT2D eigenvalue weighted by Gasteiger charge is 2.25. The Morgan fingerprint density at radius 2 is 2.05 bits per heavy atom. The molecule has 1 aromatic rings. The lowest BCUT2D eigenvalue weighted by Crippen LogP contribution is -2.39. The molecule has 2 N–H and O–H groups in total. The molecule has 0 saturated carbocycles. The summed E-state index contributed by atoms with van der Waals surface area (Å²) in [5.41, 5.74) is 5.47. The summed E-state index contributed by atoms with van der Waals surface area (Å²) in [7, 11) is -0.623. The smallest absolute Gasteiger partial charge is 0.243 e. The van der Waals surface area contributed by atoms with Crippen molar-refractivity contribution < 1.29 is 13.2 Å². The molecule has 19 heavy (non-hydrogen) atoms. The van der Waals surface area contributed by atoms with Crippen molar-refractivity contribution in [3.63, 3.8) is 0 Å². The van der Waals surface area contributed by atoms with Gasteiger partial charge in [-0.25, -0.2) is 8.42 Å². The zero-order valence-corrected chi connectivity index (χ0v) is 13.3. The number of likely N-dealkylation sites (N-methyl/N-ethyl adjacent to an activating group) is 1. The summed E-state index contributed by atoms with van der Waals surface area (Å²) in [5, 5.41) is 0.257. The highest BCUT2D eigenvalue weighted by Crippen LogP contribution is 2.28. The normalized spacial score (nSPS) is 12.9. The van der Waals surface area contributed by atoms with Gasteiger partial charge in [0.2, 0.25) is 10.0 Å². The fourth-order valence-corrected chi connectivity index (χ4v) is 3.08. The second-order valence-corrected chi connectivity index (χ2v) is 6.31. The maximum absolute atomic E-state index is 12.3. The van der Waals surface area contributed by atoms with E-state index in [1.54, 1.807) is 6.92 Å². The van der Waals surface area contributed by atoms with Crippen LogP contribution in [0.5, 0.6) is 5.75 Å². The molecule has 0 amide bonds. The molecule has 0 heterocycles. The molecule has 0 saturated heterocycles. The van der Waals surface area contributed by atoms with E-state index in [1.807, 2.05) is 0 Å². The standard InChI is InChI=1S/C11H17ClN2O3S.ClH/c1-8(7-13)14(2)18(15,16)9-4-5-11(17-3)10(12)6-9;/h4-6,8H,7,13H2,1-3H3;1H. The Bertz CT molecular complexity index is 523. The van der Waals surface area contributed by atoms with Gasteiger partial charge in [0.25, 0.3) is 0 Å². The number of benzene rings is 1. The number of hydrogen-bond acceptors (Lipinski definition) is 4. The maximum Gasteiger partial charge on any atom is 0.243 e. The molecule has 1 unspecified atom stereocenters. The van der Waals surface area contributed by atoms with Crippen LogP contribution in [0.1, 0.15) is 6.92 Å². The van der Waals surface area contributed by atoms with Gasteiger partial charge in [-0.15, -0.1) is 12.4 Å². The summed E-state index contributed by atoms with van der Waals surface area (Å²) < 4.78 is 30.7. The number of halogens is 2. The topological polar surface area (TPSA) is 72.6 Å². The van der Waals surface area contributed by atoms with E-state index in [-0.39, 0.29) is 34.9 Å². The number of nitrogens with two attached hydrogens (primary N) is 1. The van der Waals surface area contributed by atoms with Crippen LogP contribution in [0.4, 0.5) is 0 Å². The fourth-order valence-electron chi connectivity index (χ4n) is 1.36. The van der Waals surface area contributed by atoms with Gasteiger partial charge in [0.1, 0.15) is 5.75 Å². The van der Waals surface area contributed by atoms with Crippen LogP contribution in [0.15, 0.2) is 23.1 Å². The van der Waals surface area contributed by atoms with Crippen LogP contribution in [0.3, 0.4) is 0 Å². The SMILES string of the molecule is COc1ccc(S(=O)(=O)N(C)C(C)CN)cc1Cl.Cl. The molecular formula is C11H18Cl2N2O3S. The number of hydrogen-bond donors (Lipinski definition) is 1. The first kappa shape index (κ1) is 18.5. The van der Waals surface area contributed by atoms with E-state index in [0.29, 0.717) is 5.75 Å². The van der Waals surface area contributed by atoms with E-state index >= 15 is 0 Å². The quantitative estimate of drug-likeness (QED) is 0.893. The molecule has 0 spiro atoms. The van der Waals surface area contributed by atoms with Gasteiger partial charge in [-0.1, -0.05) is 11.6 Å². The number of rotatable bonds is 5. The molecule has 1 rings (SSSR count). The molecule has 0 aromatic heterocycles.